The van der Waals surface area contributed by atoms with Crippen LogP contribution in [-0.4, -0.2) is 25.9 Å². The van der Waals surface area contributed by atoms with Gasteiger partial charge in [-0.2, -0.15) is 0 Å². The van der Waals surface area contributed by atoms with E-state index in [1.807, 2.05) is 13.0 Å². The van der Waals surface area contributed by atoms with Crippen molar-refractivity contribution >= 4 is 6.09 Å². The largest absolute Gasteiger partial charge is 0.447 e. The third kappa shape index (κ3) is 11.0. The molecule has 0 bridgehead atoms. The zero-order valence-corrected chi connectivity index (χ0v) is 10.9. The van der Waals surface area contributed by atoms with Gasteiger partial charge in [0, 0.05) is 6.54 Å². The Hall–Kier alpha value is -1.32. The van der Waals surface area contributed by atoms with E-state index < -0.39 is 12.8 Å². The van der Waals surface area contributed by atoms with Crippen LogP contribution in [0.3, 0.4) is 0 Å². The number of hydrogen-bond donors (Lipinski definition) is 1. The van der Waals surface area contributed by atoms with Crippen molar-refractivity contribution in [2.24, 2.45) is 0 Å². The van der Waals surface area contributed by atoms with Gasteiger partial charge in [-0.15, -0.1) is 0 Å². The molecule has 0 aromatic heterocycles. The van der Waals surface area contributed by atoms with E-state index >= 15 is 0 Å². The maximum atomic E-state index is 11.7. The Morgan fingerprint density at radius 2 is 2.00 bits per heavy atom. The molecule has 0 unspecified atom stereocenters. The molecule has 0 aliphatic rings. The Bertz CT molecular complexity index is 281. The molecule has 3 nitrogen and oxygen atoms in total. The maximum Gasteiger partial charge on any atom is 0.407 e. The van der Waals surface area contributed by atoms with Crippen molar-refractivity contribution in [1.29, 1.82) is 0 Å². The fourth-order valence-electron chi connectivity index (χ4n) is 1.18. The first-order valence-electron chi connectivity index (χ1n) is 5.82. The molecule has 0 aliphatic carbocycles. The van der Waals surface area contributed by atoms with Crippen LogP contribution in [0.15, 0.2) is 23.3 Å². The van der Waals surface area contributed by atoms with Gasteiger partial charge >= 0.3 is 6.09 Å². The highest BCUT2D eigenvalue weighted by Gasteiger charge is 1.98. The zero-order chi connectivity index (χ0) is 13.1. The molecule has 0 heterocycles. The van der Waals surface area contributed by atoms with E-state index in [-0.39, 0.29) is 6.61 Å². The number of amides is 1. The van der Waals surface area contributed by atoms with Crippen LogP contribution < -0.4 is 5.32 Å². The molecule has 0 fully saturated rings. The van der Waals surface area contributed by atoms with Gasteiger partial charge in [0.25, 0.3) is 0 Å². The summed E-state index contributed by atoms with van der Waals surface area (Å²) in [5, 5.41) is 2.53. The van der Waals surface area contributed by atoms with Crippen LogP contribution in [-0.2, 0) is 4.74 Å². The Morgan fingerprint density at radius 3 is 2.59 bits per heavy atom. The summed E-state index contributed by atoms with van der Waals surface area (Å²) in [6, 6.07) is 0. The number of ether oxygens (including phenoxy) is 1. The topological polar surface area (TPSA) is 38.3 Å². The fraction of sp³-hybridized carbons (Fsp3) is 0.615. The quantitative estimate of drug-likeness (QED) is 0.696. The summed E-state index contributed by atoms with van der Waals surface area (Å²) in [4.78, 5) is 10.9. The predicted molar refractivity (Wildman–Crippen MR) is 67.7 cm³/mol. The number of carbonyl (C=O) groups is 1. The van der Waals surface area contributed by atoms with E-state index in [4.69, 9.17) is 0 Å². The summed E-state index contributed by atoms with van der Waals surface area (Å²) in [5.41, 5.74) is 2.53. The van der Waals surface area contributed by atoms with Gasteiger partial charge < -0.3 is 10.1 Å². The second kappa shape index (κ2) is 9.87. The van der Waals surface area contributed by atoms with Crippen LogP contribution in [0.2, 0.25) is 0 Å². The van der Waals surface area contributed by atoms with Crippen LogP contribution in [0, 0.1) is 0 Å². The second-order valence-corrected chi connectivity index (χ2v) is 4.08. The van der Waals surface area contributed by atoms with Crippen LogP contribution in [0.25, 0.3) is 0 Å². The monoisotopic (exact) mass is 243 g/mol. The van der Waals surface area contributed by atoms with Crippen molar-refractivity contribution in [3.8, 4) is 0 Å². The van der Waals surface area contributed by atoms with Crippen LogP contribution in [0.1, 0.15) is 33.6 Å². The highest BCUT2D eigenvalue weighted by molar-refractivity contribution is 5.67. The highest BCUT2D eigenvalue weighted by Crippen LogP contribution is 2.05. The molecular formula is C13H22FNO2. The molecule has 0 saturated carbocycles. The molecule has 0 spiro atoms. The third-order valence-corrected chi connectivity index (χ3v) is 2.10. The van der Waals surface area contributed by atoms with Crippen molar-refractivity contribution in [1.82, 2.24) is 5.32 Å². The van der Waals surface area contributed by atoms with Crippen molar-refractivity contribution in [2.75, 3.05) is 19.8 Å². The second-order valence-electron chi connectivity index (χ2n) is 4.08. The lowest BCUT2D eigenvalue weighted by atomic mass is 10.1. The van der Waals surface area contributed by atoms with E-state index in [9.17, 15) is 9.18 Å². The van der Waals surface area contributed by atoms with E-state index in [0.717, 1.165) is 12.8 Å². The molecule has 4 heteroatoms. The van der Waals surface area contributed by atoms with E-state index in [1.54, 1.807) is 0 Å². The molecule has 0 radical (unpaired) electrons. The number of alkyl carbamates (subject to hydrolysis) is 1. The Balaban J connectivity index is 3.69. The van der Waals surface area contributed by atoms with Crippen molar-refractivity contribution in [2.45, 2.75) is 33.6 Å². The Kier molecular flexibility index (Phi) is 9.11. The zero-order valence-electron chi connectivity index (χ0n) is 10.9. The number of nitrogens with one attached hydrogen (secondary N) is 1. The standard InChI is InChI=1S/C13H22FNO2/c1-11(2)5-4-6-12(3)7-9-15-13(16)17-10-8-14/h5,7H,4,6,8-10H2,1-3H3,(H,15,16)/b12-7-. The molecule has 1 amide bonds. The Morgan fingerprint density at radius 1 is 1.29 bits per heavy atom. The van der Waals surface area contributed by atoms with Gasteiger partial charge in [-0.1, -0.05) is 23.3 Å². The molecule has 0 saturated heterocycles. The lowest BCUT2D eigenvalue weighted by molar-refractivity contribution is 0.138. The van der Waals surface area contributed by atoms with Gasteiger partial charge in [0.2, 0.25) is 0 Å². The van der Waals surface area contributed by atoms with Crippen molar-refractivity contribution < 1.29 is 13.9 Å². The minimum atomic E-state index is -0.648. The van der Waals surface area contributed by atoms with Crippen LogP contribution >= 0.6 is 0 Å². The fourth-order valence-corrected chi connectivity index (χ4v) is 1.18. The normalized spacial score (nSPS) is 10.9. The first-order valence-corrected chi connectivity index (χ1v) is 5.82. The van der Waals surface area contributed by atoms with Gasteiger partial charge in [-0.05, 0) is 33.6 Å². The molecule has 98 valence electrons. The molecule has 0 aromatic carbocycles. The number of carbonyl (C=O) groups excluding carboxylic acids is 1. The van der Waals surface area contributed by atoms with Gasteiger partial charge in [0.05, 0.1) is 0 Å². The lowest BCUT2D eigenvalue weighted by Crippen LogP contribution is -2.25. The molecule has 0 atom stereocenters. The first kappa shape index (κ1) is 15.7. The molecule has 0 aromatic rings. The Labute approximate surface area is 103 Å². The maximum absolute atomic E-state index is 11.7. The van der Waals surface area contributed by atoms with Crippen LogP contribution in [0.4, 0.5) is 9.18 Å². The number of rotatable bonds is 7. The summed E-state index contributed by atoms with van der Waals surface area (Å²) >= 11 is 0. The molecule has 17 heavy (non-hydrogen) atoms. The summed E-state index contributed by atoms with van der Waals surface area (Å²) in [7, 11) is 0. The van der Waals surface area contributed by atoms with Crippen molar-refractivity contribution in [3.05, 3.63) is 23.3 Å². The number of alkyl halides is 1. The van der Waals surface area contributed by atoms with Gasteiger partial charge in [0.15, 0.2) is 0 Å². The van der Waals surface area contributed by atoms with Crippen molar-refractivity contribution in [3.63, 3.8) is 0 Å². The molecule has 0 rings (SSSR count). The number of hydrogen-bond acceptors (Lipinski definition) is 2. The average Bonchev–Trinajstić information content (AvgIpc) is 2.25. The predicted octanol–water partition coefficient (Wildman–Crippen LogP) is 3.37. The summed E-state index contributed by atoms with van der Waals surface area (Å²) in [6.45, 7) is 5.75. The SMILES string of the molecule is CC(C)=CCC/C(C)=C\CNC(=O)OCCF. The van der Waals surface area contributed by atoms with Gasteiger partial charge in [0.1, 0.15) is 13.3 Å². The smallest absolute Gasteiger partial charge is 0.407 e. The number of allylic oxidation sites excluding steroid dienone is 3. The van der Waals surface area contributed by atoms with Gasteiger partial charge in [-0.25, -0.2) is 9.18 Å². The van der Waals surface area contributed by atoms with Gasteiger partial charge in [-0.3, -0.25) is 0 Å². The summed E-state index contributed by atoms with van der Waals surface area (Å²) in [5.74, 6) is 0. The van der Waals surface area contributed by atoms with Crippen LogP contribution in [0.5, 0.6) is 0 Å². The average molecular weight is 243 g/mol. The minimum Gasteiger partial charge on any atom is -0.447 e. The first-order chi connectivity index (χ1) is 8.06. The minimum absolute atomic E-state index is 0.185. The lowest BCUT2D eigenvalue weighted by Gasteiger charge is -2.03. The molecule has 0 aliphatic heterocycles. The summed E-state index contributed by atoms with van der Waals surface area (Å²) in [6.07, 6.45) is 5.54. The van der Waals surface area contributed by atoms with E-state index in [0.29, 0.717) is 6.54 Å². The van der Waals surface area contributed by atoms with E-state index in [1.165, 1.54) is 11.1 Å². The summed E-state index contributed by atoms with van der Waals surface area (Å²) < 4.78 is 16.2. The molecule has 1 N–H and O–H groups in total. The highest BCUT2D eigenvalue weighted by atomic mass is 19.1. The third-order valence-electron chi connectivity index (χ3n) is 2.10. The van der Waals surface area contributed by atoms with E-state index in [2.05, 4.69) is 30.0 Å². The molecular weight excluding hydrogens is 221 g/mol. The number of halogens is 1.